The van der Waals surface area contributed by atoms with E-state index in [0.717, 1.165) is 19.4 Å². The molecule has 3 N–H and O–H groups in total. The number of hydrogen-bond acceptors (Lipinski definition) is 3. The smallest absolute Gasteiger partial charge is 0.225 e. The minimum Gasteiger partial charge on any atom is -0.330 e. The van der Waals surface area contributed by atoms with E-state index < -0.39 is 5.82 Å². The maximum absolute atomic E-state index is 13.5. The Balaban J connectivity index is 0.00000242. The first-order valence-electron chi connectivity index (χ1n) is 7.69. The van der Waals surface area contributed by atoms with E-state index >= 15 is 0 Å². The highest BCUT2D eigenvalue weighted by atomic mass is 35.5. The van der Waals surface area contributed by atoms with E-state index in [-0.39, 0.29) is 24.0 Å². The van der Waals surface area contributed by atoms with E-state index in [1.165, 1.54) is 18.9 Å². The number of carbonyl (C=O) groups excluding carboxylic acids is 1. The monoisotopic (exact) mass is 329 g/mol. The van der Waals surface area contributed by atoms with Crippen molar-refractivity contribution in [2.24, 2.45) is 5.73 Å². The van der Waals surface area contributed by atoms with Crippen LogP contribution in [0.4, 0.5) is 10.1 Å². The maximum atomic E-state index is 13.5. The summed E-state index contributed by atoms with van der Waals surface area (Å²) in [5.41, 5.74) is 5.90. The van der Waals surface area contributed by atoms with Gasteiger partial charge < -0.3 is 11.1 Å². The normalized spacial score (nSPS) is 18.5. The average molecular weight is 330 g/mol. The van der Waals surface area contributed by atoms with Crippen LogP contribution in [0.3, 0.4) is 0 Å². The van der Waals surface area contributed by atoms with E-state index in [1.807, 2.05) is 0 Å². The molecule has 0 saturated carbocycles. The van der Waals surface area contributed by atoms with Crippen molar-refractivity contribution in [3.8, 4) is 0 Å². The molecule has 1 unspecified atom stereocenters. The van der Waals surface area contributed by atoms with Crippen molar-refractivity contribution in [3.63, 3.8) is 0 Å². The topological polar surface area (TPSA) is 58.4 Å². The van der Waals surface area contributed by atoms with Gasteiger partial charge in [-0.15, -0.1) is 12.4 Å². The lowest BCUT2D eigenvalue weighted by Crippen LogP contribution is -2.42. The number of para-hydroxylation sites is 1. The second-order valence-corrected chi connectivity index (χ2v) is 5.54. The summed E-state index contributed by atoms with van der Waals surface area (Å²) in [4.78, 5) is 14.3. The lowest BCUT2D eigenvalue weighted by Gasteiger charge is -2.35. The molecule has 1 aliphatic rings. The molecule has 0 aromatic heterocycles. The van der Waals surface area contributed by atoms with Gasteiger partial charge in [0, 0.05) is 19.0 Å². The molecular formula is C16H25ClFN3O. The Morgan fingerprint density at radius 2 is 2.14 bits per heavy atom. The third kappa shape index (κ3) is 5.55. The summed E-state index contributed by atoms with van der Waals surface area (Å²) in [6.45, 7) is 2.42. The van der Waals surface area contributed by atoms with Gasteiger partial charge in [0.2, 0.25) is 5.91 Å². The molecule has 1 aromatic rings. The molecule has 22 heavy (non-hydrogen) atoms. The first-order valence-corrected chi connectivity index (χ1v) is 7.69. The molecule has 1 aromatic carbocycles. The first kappa shape index (κ1) is 18.9. The van der Waals surface area contributed by atoms with E-state index in [1.54, 1.807) is 18.2 Å². The maximum Gasteiger partial charge on any atom is 0.225 e. The molecule has 1 atom stereocenters. The van der Waals surface area contributed by atoms with Gasteiger partial charge in [0.05, 0.1) is 5.69 Å². The van der Waals surface area contributed by atoms with Crippen LogP contribution in [0.1, 0.15) is 32.1 Å². The summed E-state index contributed by atoms with van der Waals surface area (Å²) in [7, 11) is 0. The molecule has 1 heterocycles. The largest absolute Gasteiger partial charge is 0.330 e. The van der Waals surface area contributed by atoms with E-state index in [2.05, 4.69) is 10.2 Å². The van der Waals surface area contributed by atoms with Crippen LogP contribution in [0.25, 0.3) is 0 Å². The fraction of sp³-hybridized carbons (Fsp3) is 0.562. The molecule has 4 nitrogen and oxygen atoms in total. The van der Waals surface area contributed by atoms with E-state index in [9.17, 15) is 9.18 Å². The quantitative estimate of drug-likeness (QED) is 0.843. The van der Waals surface area contributed by atoms with Crippen molar-refractivity contribution in [1.29, 1.82) is 0 Å². The fourth-order valence-corrected chi connectivity index (χ4v) is 2.89. The molecule has 124 valence electrons. The zero-order valence-corrected chi connectivity index (χ0v) is 13.6. The van der Waals surface area contributed by atoms with Crippen LogP contribution in [0.15, 0.2) is 24.3 Å². The van der Waals surface area contributed by atoms with Gasteiger partial charge in [0.25, 0.3) is 0 Å². The minimum atomic E-state index is -0.398. The number of benzene rings is 1. The van der Waals surface area contributed by atoms with Crippen LogP contribution in [0, 0.1) is 5.82 Å². The molecule has 0 bridgehead atoms. The van der Waals surface area contributed by atoms with Crippen molar-refractivity contribution in [3.05, 3.63) is 30.1 Å². The molecular weight excluding hydrogens is 305 g/mol. The molecule has 1 aliphatic heterocycles. The number of anilines is 1. The van der Waals surface area contributed by atoms with Gasteiger partial charge in [0.1, 0.15) is 5.82 Å². The molecule has 0 spiro atoms. The Kier molecular flexibility index (Phi) is 8.38. The summed E-state index contributed by atoms with van der Waals surface area (Å²) in [5, 5.41) is 2.63. The molecule has 1 fully saturated rings. The molecule has 6 heteroatoms. The van der Waals surface area contributed by atoms with Crippen LogP contribution in [-0.2, 0) is 4.79 Å². The first-order chi connectivity index (χ1) is 10.2. The zero-order valence-electron chi connectivity index (χ0n) is 12.8. The highest BCUT2D eigenvalue weighted by Gasteiger charge is 2.22. The number of halogens is 2. The Morgan fingerprint density at radius 3 is 2.86 bits per heavy atom. The lowest BCUT2D eigenvalue weighted by molar-refractivity contribution is -0.116. The fourth-order valence-electron chi connectivity index (χ4n) is 2.89. The summed E-state index contributed by atoms with van der Waals surface area (Å²) < 4.78 is 13.5. The van der Waals surface area contributed by atoms with Crippen LogP contribution in [-0.4, -0.2) is 36.5 Å². The van der Waals surface area contributed by atoms with Crippen molar-refractivity contribution in [1.82, 2.24) is 4.90 Å². The average Bonchev–Trinajstić information content (AvgIpc) is 2.49. The van der Waals surface area contributed by atoms with Crippen molar-refractivity contribution >= 4 is 24.0 Å². The number of nitrogens with one attached hydrogen (secondary N) is 1. The Bertz CT molecular complexity index is 470. The molecule has 2 rings (SSSR count). The Hall–Kier alpha value is -1.17. The standard InChI is InChI=1S/C16H24FN3O.ClH/c17-14-6-1-2-7-15(14)19-16(21)9-12-20-11-4-3-5-13(20)8-10-18;/h1-2,6-7,13H,3-5,8-12,18H2,(H,19,21);1H. The second kappa shape index (κ2) is 9.77. The summed E-state index contributed by atoms with van der Waals surface area (Å²) in [5.74, 6) is -0.540. The van der Waals surface area contributed by atoms with Crippen LogP contribution >= 0.6 is 12.4 Å². The third-order valence-corrected chi connectivity index (χ3v) is 4.02. The summed E-state index contributed by atoms with van der Waals surface area (Å²) in [6.07, 6.45) is 4.94. The number of rotatable bonds is 6. The van der Waals surface area contributed by atoms with Gasteiger partial charge in [-0.2, -0.15) is 0 Å². The highest BCUT2D eigenvalue weighted by Crippen LogP contribution is 2.19. The van der Waals surface area contributed by atoms with Crippen LogP contribution < -0.4 is 11.1 Å². The summed E-state index contributed by atoms with van der Waals surface area (Å²) >= 11 is 0. The lowest BCUT2D eigenvalue weighted by atomic mass is 9.99. The van der Waals surface area contributed by atoms with Gasteiger partial charge >= 0.3 is 0 Å². The third-order valence-electron chi connectivity index (χ3n) is 4.02. The van der Waals surface area contributed by atoms with Crippen LogP contribution in [0.5, 0.6) is 0 Å². The highest BCUT2D eigenvalue weighted by molar-refractivity contribution is 5.90. The van der Waals surface area contributed by atoms with Gasteiger partial charge in [0.15, 0.2) is 0 Å². The number of piperidine rings is 1. The molecule has 1 saturated heterocycles. The second-order valence-electron chi connectivity index (χ2n) is 5.54. The van der Waals surface area contributed by atoms with Gasteiger partial charge in [-0.1, -0.05) is 18.6 Å². The van der Waals surface area contributed by atoms with Crippen molar-refractivity contribution in [2.45, 2.75) is 38.1 Å². The number of hydrogen-bond donors (Lipinski definition) is 2. The van der Waals surface area contributed by atoms with Gasteiger partial charge in [-0.3, -0.25) is 9.69 Å². The minimum absolute atomic E-state index is 0. The predicted octanol–water partition coefficient (Wildman–Crippen LogP) is 2.78. The van der Waals surface area contributed by atoms with Crippen molar-refractivity contribution in [2.75, 3.05) is 25.0 Å². The Morgan fingerprint density at radius 1 is 1.36 bits per heavy atom. The van der Waals surface area contributed by atoms with E-state index in [4.69, 9.17) is 5.73 Å². The zero-order chi connectivity index (χ0) is 15.1. The molecule has 0 aliphatic carbocycles. The predicted molar refractivity (Wildman–Crippen MR) is 89.8 cm³/mol. The number of nitrogens with two attached hydrogens (primary N) is 1. The number of carbonyl (C=O) groups is 1. The molecule has 1 amide bonds. The van der Waals surface area contributed by atoms with Gasteiger partial charge in [-0.25, -0.2) is 4.39 Å². The summed E-state index contributed by atoms with van der Waals surface area (Å²) in [6, 6.07) is 6.73. The Labute approximate surface area is 137 Å². The van der Waals surface area contributed by atoms with Crippen LogP contribution in [0.2, 0.25) is 0 Å². The molecule has 0 radical (unpaired) electrons. The SMILES string of the molecule is Cl.NCCC1CCCCN1CCC(=O)Nc1ccccc1F. The van der Waals surface area contributed by atoms with E-state index in [0.29, 0.717) is 25.6 Å². The number of nitrogens with zero attached hydrogens (tertiary/aromatic N) is 1. The number of amides is 1. The van der Waals surface area contributed by atoms with Gasteiger partial charge in [-0.05, 0) is 44.5 Å². The van der Waals surface area contributed by atoms with Crippen molar-refractivity contribution < 1.29 is 9.18 Å². The number of likely N-dealkylation sites (tertiary alicyclic amines) is 1.